The van der Waals surface area contributed by atoms with Crippen LogP contribution in [0, 0.1) is 17.1 Å². The minimum absolute atomic E-state index is 0.0364. The predicted octanol–water partition coefficient (Wildman–Crippen LogP) is 4.44. The van der Waals surface area contributed by atoms with Crippen molar-refractivity contribution < 1.29 is 18.8 Å². The second-order valence-corrected chi connectivity index (χ2v) is 8.32. The number of nitrogens with one attached hydrogen (secondary N) is 2. The van der Waals surface area contributed by atoms with Crippen LogP contribution in [0.2, 0.25) is 0 Å². The molecular formula is C26H23FN4O3. The highest BCUT2D eigenvalue weighted by atomic mass is 19.1. The van der Waals surface area contributed by atoms with Crippen LogP contribution in [0.5, 0.6) is 0 Å². The molecule has 1 aliphatic rings. The number of likely N-dealkylation sites (tertiary alicyclic amines) is 1. The van der Waals surface area contributed by atoms with Crippen molar-refractivity contribution in [2.45, 2.75) is 32.7 Å². The molecule has 0 saturated carbocycles. The molecule has 4 rings (SSSR count). The largest absolute Gasteiger partial charge is 0.359 e. The number of carbonyl (C=O) groups is 3. The van der Waals surface area contributed by atoms with Gasteiger partial charge in [-0.05, 0) is 43.0 Å². The highest BCUT2D eigenvalue weighted by Gasteiger charge is 2.33. The molecule has 2 heterocycles. The quantitative estimate of drug-likeness (QED) is 0.343. The fourth-order valence-electron chi connectivity index (χ4n) is 4.45. The first-order valence-electron chi connectivity index (χ1n) is 10.9. The number of carbonyl (C=O) groups excluding carboxylic acids is 3. The van der Waals surface area contributed by atoms with Crippen molar-refractivity contribution in [3.05, 3.63) is 71.2 Å². The summed E-state index contributed by atoms with van der Waals surface area (Å²) in [7, 11) is 0. The van der Waals surface area contributed by atoms with Gasteiger partial charge in [0.15, 0.2) is 0 Å². The summed E-state index contributed by atoms with van der Waals surface area (Å²) in [5, 5.41) is 12.3. The van der Waals surface area contributed by atoms with E-state index in [1.807, 2.05) is 37.3 Å². The number of piperidine rings is 1. The Kier molecular flexibility index (Phi) is 6.28. The molecular weight excluding hydrogens is 435 g/mol. The Morgan fingerprint density at radius 3 is 2.56 bits per heavy atom. The number of benzene rings is 2. The molecule has 2 aromatic carbocycles. The Balaban J connectivity index is 1.59. The van der Waals surface area contributed by atoms with E-state index in [0.717, 1.165) is 17.2 Å². The molecule has 172 valence electrons. The summed E-state index contributed by atoms with van der Waals surface area (Å²) < 4.78 is 14.6. The molecule has 34 heavy (non-hydrogen) atoms. The van der Waals surface area contributed by atoms with Crippen LogP contribution in [-0.2, 0) is 9.59 Å². The van der Waals surface area contributed by atoms with Crippen molar-refractivity contribution in [3.8, 4) is 6.07 Å². The van der Waals surface area contributed by atoms with Gasteiger partial charge in [0.1, 0.15) is 5.82 Å². The lowest BCUT2D eigenvalue weighted by atomic mass is 9.90. The first-order chi connectivity index (χ1) is 16.3. The number of fused-ring (bicyclic) bond motifs is 1. The SMILES string of the molecule is CC(=O)Nc1ccc(F)c2c(C(=O)C(=O)N3CCC(=C(C#N)c4ccccc4)CC3C)c[nH]c12. The molecule has 8 heteroatoms. The first kappa shape index (κ1) is 22.9. The molecule has 0 radical (unpaired) electrons. The van der Waals surface area contributed by atoms with E-state index in [1.165, 1.54) is 24.1 Å². The van der Waals surface area contributed by atoms with Gasteiger partial charge in [-0.25, -0.2) is 4.39 Å². The van der Waals surface area contributed by atoms with Crippen LogP contribution >= 0.6 is 0 Å². The number of halogens is 1. The lowest BCUT2D eigenvalue weighted by Gasteiger charge is -2.34. The number of aromatic amines is 1. The highest BCUT2D eigenvalue weighted by molar-refractivity contribution is 6.45. The van der Waals surface area contributed by atoms with Crippen LogP contribution in [-0.4, -0.2) is 40.1 Å². The fourth-order valence-corrected chi connectivity index (χ4v) is 4.45. The molecule has 1 saturated heterocycles. The van der Waals surface area contributed by atoms with Crippen molar-refractivity contribution in [2.75, 3.05) is 11.9 Å². The molecule has 1 unspecified atom stereocenters. The number of amides is 2. The van der Waals surface area contributed by atoms with Crippen molar-refractivity contribution in [2.24, 2.45) is 0 Å². The Morgan fingerprint density at radius 2 is 1.91 bits per heavy atom. The Morgan fingerprint density at radius 1 is 1.18 bits per heavy atom. The third-order valence-electron chi connectivity index (χ3n) is 6.05. The lowest BCUT2D eigenvalue weighted by molar-refractivity contribution is -0.128. The number of anilines is 1. The molecule has 1 aliphatic heterocycles. The summed E-state index contributed by atoms with van der Waals surface area (Å²) in [4.78, 5) is 42.0. The van der Waals surface area contributed by atoms with E-state index in [-0.39, 0.29) is 35.0 Å². The van der Waals surface area contributed by atoms with Crippen LogP contribution in [0.15, 0.2) is 54.2 Å². The zero-order valence-electron chi connectivity index (χ0n) is 18.8. The van der Waals surface area contributed by atoms with E-state index in [9.17, 15) is 24.0 Å². The zero-order valence-corrected chi connectivity index (χ0v) is 18.8. The van der Waals surface area contributed by atoms with Gasteiger partial charge in [-0.1, -0.05) is 30.3 Å². The van der Waals surface area contributed by atoms with Gasteiger partial charge in [-0.15, -0.1) is 0 Å². The fraction of sp³-hybridized carbons (Fsp3) is 0.231. The number of hydrogen-bond donors (Lipinski definition) is 2. The van der Waals surface area contributed by atoms with Gasteiger partial charge < -0.3 is 15.2 Å². The van der Waals surface area contributed by atoms with Crippen LogP contribution in [0.25, 0.3) is 16.5 Å². The normalized spacial score (nSPS) is 17.2. The van der Waals surface area contributed by atoms with E-state index in [0.29, 0.717) is 24.1 Å². The molecule has 0 bridgehead atoms. The number of allylic oxidation sites excluding steroid dienone is 1. The van der Waals surface area contributed by atoms with Crippen molar-refractivity contribution in [3.63, 3.8) is 0 Å². The molecule has 2 N–H and O–H groups in total. The summed E-state index contributed by atoms with van der Waals surface area (Å²) >= 11 is 0. The second kappa shape index (κ2) is 9.32. The molecule has 0 aliphatic carbocycles. The number of hydrogen-bond acceptors (Lipinski definition) is 4. The molecule has 1 atom stereocenters. The third-order valence-corrected chi connectivity index (χ3v) is 6.05. The molecule has 2 amide bonds. The smallest absolute Gasteiger partial charge is 0.295 e. The number of nitriles is 1. The average Bonchev–Trinajstić information content (AvgIpc) is 3.27. The van der Waals surface area contributed by atoms with E-state index < -0.39 is 17.5 Å². The van der Waals surface area contributed by atoms with Crippen molar-refractivity contribution >= 4 is 39.8 Å². The Labute approximate surface area is 195 Å². The number of ketones is 1. The molecule has 1 aromatic heterocycles. The topological polar surface area (TPSA) is 106 Å². The Bertz CT molecular complexity index is 1370. The lowest BCUT2D eigenvalue weighted by Crippen LogP contribution is -2.46. The van der Waals surface area contributed by atoms with E-state index in [1.54, 1.807) is 0 Å². The maximum Gasteiger partial charge on any atom is 0.295 e. The van der Waals surface area contributed by atoms with Gasteiger partial charge in [0.05, 0.1) is 28.4 Å². The van der Waals surface area contributed by atoms with Gasteiger partial charge >= 0.3 is 0 Å². The maximum absolute atomic E-state index is 14.6. The van der Waals surface area contributed by atoms with Gasteiger partial charge in [-0.2, -0.15) is 5.26 Å². The van der Waals surface area contributed by atoms with E-state index in [2.05, 4.69) is 16.4 Å². The molecule has 1 fully saturated rings. The van der Waals surface area contributed by atoms with Gasteiger partial charge in [0, 0.05) is 31.1 Å². The monoisotopic (exact) mass is 458 g/mol. The van der Waals surface area contributed by atoms with Crippen LogP contribution < -0.4 is 5.32 Å². The van der Waals surface area contributed by atoms with Crippen LogP contribution in [0.3, 0.4) is 0 Å². The number of Topliss-reactive ketones (excluding diaryl/α,β-unsaturated/α-hetero) is 1. The van der Waals surface area contributed by atoms with Crippen molar-refractivity contribution in [1.82, 2.24) is 9.88 Å². The van der Waals surface area contributed by atoms with Gasteiger partial charge in [0.2, 0.25) is 5.91 Å². The number of H-pyrrole nitrogens is 1. The Hall–Kier alpha value is -4.25. The van der Waals surface area contributed by atoms with E-state index >= 15 is 0 Å². The summed E-state index contributed by atoms with van der Waals surface area (Å²) in [5.41, 5.74) is 2.84. The van der Waals surface area contributed by atoms with Crippen molar-refractivity contribution in [1.29, 1.82) is 5.26 Å². The number of aromatic nitrogens is 1. The minimum atomic E-state index is -0.826. The van der Waals surface area contributed by atoms with Gasteiger partial charge in [-0.3, -0.25) is 14.4 Å². The van der Waals surface area contributed by atoms with Crippen LogP contribution in [0.1, 0.15) is 42.6 Å². The van der Waals surface area contributed by atoms with Gasteiger partial charge in [0.25, 0.3) is 11.7 Å². The third kappa shape index (κ3) is 4.20. The summed E-state index contributed by atoms with van der Waals surface area (Å²) in [6.07, 6.45) is 2.23. The minimum Gasteiger partial charge on any atom is -0.359 e. The summed E-state index contributed by atoms with van der Waals surface area (Å²) in [6, 6.07) is 13.9. The van der Waals surface area contributed by atoms with Crippen LogP contribution in [0.4, 0.5) is 10.1 Å². The van der Waals surface area contributed by atoms with E-state index in [4.69, 9.17) is 0 Å². The summed E-state index contributed by atoms with van der Waals surface area (Å²) in [6.45, 7) is 3.43. The summed E-state index contributed by atoms with van der Waals surface area (Å²) in [5.74, 6) is -2.56. The highest BCUT2D eigenvalue weighted by Crippen LogP contribution is 2.32. The second-order valence-electron chi connectivity index (χ2n) is 8.32. The zero-order chi connectivity index (χ0) is 24.4. The predicted molar refractivity (Wildman–Crippen MR) is 126 cm³/mol. The molecule has 3 aromatic rings. The molecule has 7 nitrogen and oxygen atoms in total. The number of nitrogens with zero attached hydrogens (tertiary/aromatic N) is 2. The average molecular weight is 458 g/mol. The molecule has 0 spiro atoms. The maximum atomic E-state index is 14.6. The first-order valence-corrected chi connectivity index (χ1v) is 10.9. The number of rotatable bonds is 4. The standard InChI is InChI=1S/C26H23FN4O3/c1-15-12-18(19(13-28)17-6-4-3-5-7-17)10-11-31(15)26(34)25(33)20-14-29-24-22(30-16(2)32)9-8-21(27)23(20)24/h3-9,14-15,29H,10-12H2,1-2H3,(H,30,32).